The smallest absolute Gasteiger partial charge is 0.101 e. The molecule has 1 aliphatic rings. The van der Waals surface area contributed by atoms with E-state index < -0.39 is 0 Å². The van der Waals surface area contributed by atoms with Gasteiger partial charge in [0.15, 0.2) is 0 Å². The first kappa shape index (κ1) is 10.4. The molecule has 0 saturated heterocycles. The molecule has 1 rings (SSSR count). The Balaban J connectivity index is 2.60. The highest BCUT2D eigenvalue weighted by molar-refractivity contribution is 4.97. The molecule has 0 radical (unpaired) electrons. The molecule has 76 valence electrons. The van der Waals surface area contributed by atoms with Crippen LogP contribution in [0.15, 0.2) is 12.4 Å². The van der Waals surface area contributed by atoms with Crippen LogP contribution in [-0.2, 0) is 0 Å². The third-order valence-corrected chi connectivity index (χ3v) is 2.67. The fourth-order valence-corrected chi connectivity index (χ4v) is 1.94. The molecule has 0 saturated carbocycles. The molecular weight excluding hydrogens is 160 g/mol. The van der Waals surface area contributed by atoms with Gasteiger partial charge in [-0.25, -0.2) is 0 Å². The highest BCUT2D eigenvalue weighted by atomic mass is 15.4. The van der Waals surface area contributed by atoms with Crippen LogP contribution in [0.3, 0.4) is 0 Å². The van der Waals surface area contributed by atoms with Gasteiger partial charge < -0.3 is 9.80 Å². The summed E-state index contributed by atoms with van der Waals surface area (Å²) >= 11 is 0. The lowest BCUT2D eigenvalue weighted by Crippen LogP contribution is -2.41. The molecule has 13 heavy (non-hydrogen) atoms. The van der Waals surface area contributed by atoms with Gasteiger partial charge in [-0.3, -0.25) is 0 Å². The van der Waals surface area contributed by atoms with E-state index in [0.29, 0.717) is 12.2 Å². The topological polar surface area (TPSA) is 6.48 Å². The molecule has 0 aromatic heterocycles. The van der Waals surface area contributed by atoms with Gasteiger partial charge in [-0.1, -0.05) is 13.3 Å². The Bertz CT molecular complexity index is 175. The number of nitrogens with zero attached hydrogens (tertiary/aromatic N) is 2. The molecule has 0 N–H and O–H groups in total. The molecule has 0 bridgehead atoms. The lowest BCUT2D eigenvalue weighted by atomic mass is 10.2. The maximum Gasteiger partial charge on any atom is 0.101 e. The maximum atomic E-state index is 2.45. The SMILES string of the molecule is CCCC1N(CC)C=CN1C(C)C. The minimum absolute atomic E-state index is 0.606. The van der Waals surface area contributed by atoms with Gasteiger partial charge in [-0.05, 0) is 27.2 Å². The fraction of sp³-hybridized carbons (Fsp3) is 0.818. The molecule has 2 nitrogen and oxygen atoms in total. The average molecular weight is 182 g/mol. The van der Waals surface area contributed by atoms with Gasteiger partial charge in [-0.15, -0.1) is 0 Å². The highest BCUT2D eigenvalue weighted by Gasteiger charge is 2.25. The highest BCUT2D eigenvalue weighted by Crippen LogP contribution is 2.21. The van der Waals surface area contributed by atoms with Crippen molar-refractivity contribution in [2.75, 3.05) is 6.54 Å². The van der Waals surface area contributed by atoms with Gasteiger partial charge in [0.25, 0.3) is 0 Å². The zero-order valence-corrected chi connectivity index (χ0v) is 9.33. The number of rotatable bonds is 4. The molecule has 0 fully saturated rings. The zero-order valence-electron chi connectivity index (χ0n) is 9.33. The molecule has 0 aliphatic carbocycles. The van der Waals surface area contributed by atoms with E-state index >= 15 is 0 Å². The number of hydrogen-bond donors (Lipinski definition) is 0. The second-order valence-corrected chi connectivity index (χ2v) is 3.94. The molecule has 0 aromatic rings. The van der Waals surface area contributed by atoms with E-state index in [2.05, 4.69) is 49.9 Å². The van der Waals surface area contributed by atoms with E-state index in [-0.39, 0.29) is 0 Å². The molecule has 2 heteroatoms. The second-order valence-electron chi connectivity index (χ2n) is 3.94. The Morgan fingerprint density at radius 2 is 1.92 bits per heavy atom. The quantitative estimate of drug-likeness (QED) is 0.659. The predicted molar refractivity (Wildman–Crippen MR) is 57.2 cm³/mol. The van der Waals surface area contributed by atoms with Crippen LogP contribution in [0.25, 0.3) is 0 Å². The summed E-state index contributed by atoms with van der Waals surface area (Å²) < 4.78 is 0. The number of hydrogen-bond acceptors (Lipinski definition) is 2. The van der Waals surface area contributed by atoms with Crippen LogP contribution in [0, 0.1) is 0 Å². The molecule has 0 aromatic carbocycles. The van der Waals surface area contributed by atoms with Crippen molar-refractivity contribution in [3.63, 3.8) is 0 Å². The lowest BCUT2D eigenvalue weighted by Gasteiger charge is -2.34. The van der Waals surface area contributed by atoms with Crippen molar-refractivity contribution in [1.29, 1.82) is 0 Å². The van der Waals surface area contributed by atoms with Gasteiger partial charge in [0.05, 0.1) is 0 Å². The Hall–Kier alpha value is -0.660. The van der Waals surface area contributed by atoms with Crippen molar-refractivity contribution in [3.05, 3.63) is 12.4 Å². The Kier molecular flexibility index (Phi) is 3.64. The second kappa shape index (κ2) is 4.54. The summed E-state index contributed by atoms with van der Waals surface area (Å²) in [5.74, 6) is 0. The lowest BCUT2D eigenvalue weighted by molar-refractivity contribution is 0.121. The van der Waals surface area contributed by atoms with E-state index in [1.54, 1.807) is 0 Å². The van der Waals surface area contributed by atoms with Gasteiger partial charge in [-0.2, -0.15) is 0 Å². The molecule has 0 spiro atoms. The van der Waals surface area contributed by atoms with Gasteiger partial charge in [0.1, 0.15) is 6.17 Å². The van der Waals surface area contributed by atoms with Crippen LogP contribution in [-0.4, -0.2) is 28.6 Å². The standard InChI is InChI=1S/C11H22N2/c1-5-7-11-12(6-2)8-9-13(11)10(3)4/h8-11H,5-7H2,1-4H3. The fourth-order valence-electron chi connectivity index (χ4n) is 1.94. The summed E-state index contributed by atoms with van der Waals surface area (Å²) in [5.41, 5.74) is 0. The zero-order chi connectivity index (χ0) is 9.84. The van der Waals surface area contributed by atoms with Crippen LogP contribution in [0.1, 0.15) is 40.5 Å². The summed E-state index contributed by atoms with van der Waals surface area (Å²) in [4.78, 5) is 4.87. The Morgan fingerprint density at radius 3 is 2.38 bits per heavy atom. The van der Waals surface area contributed by atoms with Gasteiger partial charge >= 0.3 is 0 Å². The molecular formula is C11H22N2. The molecule has 0 amide bonds. The first-order valence-electron chi connectivity index (χ1n) is 5.42. The van der Waals surface area contributed by atoms with Crippen molar-refractivity contribution in [1.82, 2.24) is 9.80 Å². The monoisotopic (exact) mass is 182 g/mol. The third-order valence-electron chi connectivity index (χ3n) is 2.67. The van der Waals surface area contributed by atoms with E-state index in [1.807, 2.05) is 0 Å². The summed E-state index contributed by atoms with van der Waals surface area (Å²) in [6, 6.07) is 0.615. The van der Waals surface area contributed by atoms with Crippen LogP contribution < -0.4 is 0 Å². The minimum Gasteiger partial charge on any atom is -0.356 e. The van der Waals surface area contributed by atoms with Crippen LogP contribution in [0.5, 0.6) is 0 Å². The predicted octanol–water partition coefficient (Wildman–Crippen LogP) is 2.63. The van der Waals surface area contributed by atoms with Crippen molar-refractivity contribution >= 4 is 0 Å². The first-order valence-corrected chi connectivity index (χ1v) is 5.42. The van der Waals surface area contributed by atoms with E-state index in [0.717, 1.165) is 6.54 Å². The summed E-state index contributed by atoms with van der Waals surface area (Å²) in [6.07, 6.45) is 7.58. The van der Waals surface area contributed by atoms with E-state index in [9.17, 15) is 0 Å². The van der Waals surface area contributed by atoms with Gasteiger partial charge in [0.2, 0.25) is 0 Å². The van der Waals surface area contributed by atoms with Crippen molar-refractivity contribution in [2.45, 2.75) is 52.7 Å². The van der Waals surface area contributed by atoms with Gasteiger partial charge in [0, 0.05) is 25.0 Å². The normalized spacial score (nSPS) is 22.1. The molecule has 1 unspecified atom stereocenters. The van der Waals surface area contributed by atoms with Crippen molar-refractivity contribution in [2.24, 2.45) is 0 Å². The average Bonchev–Trinajstić information content (AvgIpc) is 2.48. The van der Waals surface area contributed by atoms with E-state index in [1.165, 1.54) is 12.8 Å². The van der Waals surface area contributed by atoms with Crippen LogP contribution >= 0.6 is 0 Å². The van der Waals surface area contributed by atoms with E-state index in [4.69, 9.17) is 0 Å². The molecule has 1 aliphatic heterocycles. The summed E-state index contributed by atoms with van der Waals surface area (Å²) in [7, 11) is 0. The Labute approximate surface area is 82.2 Å². The van der Waals surface area contributed by atoms with Crippen molar-refractivity contribution in [3.8, 4) is 0 Å². The largest absolute Gasteiger partial charge is 0.356 e. The third kappa shape index (κ3) is 2.17. The summed E-state index contributed by atoms with van der Waals surface area (Å²) in [6.45, 7) is 10.1. The first-order chi connectivity index (χ1) is 6.20. The van der Waals surface area contributed by atoms with Crippen molar-refractivity contribution < 1.29 is 0 Å². The Morgan fingerprint density at radius 1 is 1.23 bits per heavy atom. The molecule has 1 atom stereocenters. The maximum absolute atomic E-state index is 2.45. The minimum atomic E-state index is 0.606. The molecule has 1 heterocycles. The summed E-state index contributed by atoms with van der Waals surface area (Å²) in [5, 5.41) is 0. The van der Waals surface area contributed by atoms with Crippen LogP contribution in [0.4, 0.5) is 0 Å². The van der Waals surface area contributed by atoms with Crippen LogP contribution in [0.2, 0.25) is 0 Å².